The summed E-state index contributed by atoms with van der Waals surface area (Å²) in [5, 5.41) is 14.1. The topological polar surface area (TPSA) is 90.1 Å². The average molecular weight is 364 g/mol. The summed E-state index contributed by atoms with van der Waals surface area (Å²) < 4.78 is 2.25. The molecule has 2 aromatic carbocycles. The molecule has 7 heteroatoms. The molecular weight excluding hydrogens is 344 g/mol. The van der Waals surface area contributed by atoms with E-state index in [4.69, 9.17) is 4.98 Å². The summed E-state index contributed by atoms with van der Waals surface area (Å²) in [6, 6.07) is 10.3. The van der Waals surface area contributed by atoms with Gasteiger partial charge in [0.15, 0.2) is 0 Å². The van der Waals surface area contributed by atoms with Crippen LogP contribution in [0.1, 0.15) is 41.0 Å². The summed E-state index contributed by atoms with van der Waals surface area (Å²) in [7, 11) is 0. The third-order valence-corrected chi connectivity index (χ3v) is 5.03. The Kier molecular flexibility index (Phi) is 4.35. The van der Waals surface area contributed by atoms with Gasteiger partial charge < -0.3 is 9.88 Å². The van der Waals surface area contributed by atoms with E-state index in [0.717, 1.165) is 42.7 Å². The van der Waals surface area contributed by atoms with Crippen molar-refractivity contribution in [3.05, 3.63) is 63.5 Å². The molecule has 1 N–H and O–H groups in total. The van der Waals surface area contributed by atoms with Crippen LogP contribution in [0.3, 0.4) is 0 Å². The number of aromatic nitrogens is 2. The summed E-state index contributed by atoms with van der Waals surface area (Å²) in [4.78, 5) is 28.2. The largest absolute Gasteiger partial charge is 0.328 e. The lowest BCUT2D eigenvalue weighted by molar-refractivity contribution is -0.385. The Morgan fingerprint density at radius 2 is 2.07 bits per heavy atom. The summed E-state index contributed by atoms with van der Waals surface area (Å²) in [5.41, 5.74) is 2.83. The molecule has 7 nitrogen and oxygen atoms in total. The summed E-state index contributed by atoms with van der Waals surface area (Å²) in [6.07, 6.45) is 4.47. The molecule has 2 heterocycles. The van der Waals surface area contributed by atoms with Crippen LogP contribution < -0.4 is 5.32 Å². The fourth-order valence-corrected chi connectivity index (χ4v) is 3.71. The number of rotatable bonds is 3. The van der Waals surface area contributed by atoms with Crippen molar-refractivity contribution in [2.24, 2.45) is 0 Å². The third kappa shape index (κ3) is 3.16. The van der Waals surface area contributed by atoms with E-state index < -0.39 is 10.8 Å². The molecule has 1 aliphatic heterocycles. The van der Waals surface area contributed by atoms with Gasteiger partial charge in [0.05, 0.1) is 16.0 Å². The number of aryl methyl sites for hydroxylation is 3. The quantitative estimate of drug-likeness (QED) is 0.556. The standard InChI is InChI=1S/C20H20N4O3/c1-13-6-5-7-15(19(13)24(26)27)20(25)21-14-9-10-17-16(12-14)22-18-8-3-2-4-11-23(17)18/h5-7,9-10,12H,2-4,8,11H2,1H3,(H,21,25). The number of carbonyl (C=O) groups is 1. The van der Waals surface area contributed by atoms with Gasteiger partial charge in [-0.2, -0.15) is 0 Å². The number of nitrogens with zero attached hydrogens (tertiary/aromatic N) is 3. The number of hydrogen-bond acceptors (Lipinski definition) is 4. The highest BCUT2D eigenvalue weighted by molar-refractivity contribution is 6.07. The zero-order valence-electron chi connectivity index (χ0n) is 15.1. The van der Waals surface area contributed by atoms with Gasteiger partial charge in [0, 0.05) is 24.2 Å². The van der Waals surface area contributed by atoms with E-state index in [1.165, 1.54) is 12.5 Å². The van der Waals surface area contributed by atoms with Crippen LogP contribution in [0.15, 0.2) is 36.4 Å². The van der Waals surface area contributed by atoms with E-state index in [-0.39, 0.29) is 11.3 Å². The number of anilines is 1. The van der Waals surface area contributed by atoms with Crippen molar-refractivity contribution < 1.29 is 9.72 Å². The minimum atomic E-state index is -0.514. The summed E-state index contributed by atoms with van der Waals surface area (Å²) >= 11 is 0. The lowest BCUT2D eigenvalue weighted by Gasteiger charge is -2.08. The maximum atomic E-state index is 12.6. The number of para-hydroxylation sites is 1. The van der Waals surface area contributed by atoms with Crippen LogP contribution >= 0.6 is 0 Å². The van der Waals surface area contributed by atoms with Crippen molar-refractivity contribution in [3.8, 4) is 0 Å². The number of imidazole rings is 1. The second-order valence-electron chi connectivity index (χ2n) is 6.88. The Labute approximate surface area is 156 Å². The predicted molar refractivity (Wildman–Crippen MR) is 103 cm³/mol. The first-order valence-electron chi connectivity index (χ1n) is 9.09. The maximum absolute atomic E-state index is 12.6. The van der Waals surface area contributed by atoms with Crippen molar-refractivity contribution in [1.29, 1.82) is 0 Å². The van der Waals surface area contributed by atoms with Gasteiger partial charge >= 0.3 is 0 Å². The minimum Gasteiger partial charge on any atom is -0.328 e. The molecule has 0 spiro atoms. The van der Waals surface area contributed by atoms with E-state index in [1.807, 2.05) is 18.2 Å². The molecule has 1 aliphatic rings. The molecule has 0 saturated carbocycles. The Balaban J connectivity index is 1.65. The normalized spacial score (nSPS) is 13.8. The Morgan fingerprint density at radius 3 is 2.89 bits per heavy atom. The predicted octanol–water partition coefficient (Wildman–Crippen LogP) is 4.23. The van der Waals surface area contributed by atoms with Crippen molar-refractivity contribution in [2.75, 3.05) is 5.32 Å². The van der Waals surface area contributed by atoms with E-state index >= 15 is 0 Å². The molecule has 0 saturated heterocycles. The number of amides is 1. The smallest absolute Gasteiger partial charge is 0.285 e. The highest BCUT2D eigenvalue weighted by atomic mass is 16.6. The molecule has 0 fully saturated rings. The monoisotopic (exact) mass is 364 g/mol. The van der Waals surface area contributed by atoms with E-state index in [2.05, 4.69) is 9.88 Å². The molecule has 1 amide bonds. The second kappa shape index (κ2) is 6.83. The highest BCUT2D eigenvalue weighted by Gasteiger charge is 2.22. The molecule has 0 atom stereocenters. The molecule has 4 rings (SSSR count). The van der Waals surface area contributed by atoms with Crippen molar-refractivity contribution in [2.45, 2.75) is 39.2 Å². The van der Waals surface area contributed by atoms with Gasteiger partial charge in [0.1, 0.15) is 11.4 Å². The fourth-order valence-electron chi connectivity index (χ4n) is 3.71. The molecule has 3 aromatic rings. The Bertz CT molecular complexity index is 1050. The van der Waals surface area contributed by atoms with Crippen LogP contribution in [0.4, 0.5) is 11.4 Å². The molecule has 0 aliphatic carbocycles. The molecule has 0 unspecified atom stereocenters. The second-order valence-corrected chi connectivity index (χ2v) is 6.88. The van der Waals surface area contributed by atoms with Crippen LogP contribution in [0.25, 0.3) is 11.0 Å². The SMILES string of the molecule is Cc1cccc(C(=O)Nc2ccc3c(c2)nc2n3CCCCC2)c1[N+](=O)[O-]. The fraction of sp³-hybridized carbons (Fsp3) is 0.300. The van der Waals surface area contributed by atoms with E-state index in [0.29, 0.717) is 11.3 Å². The number of nitro benzene ring substituents is 1. The summed E-state index contributed by atoms with van der Waals surface area (Å²) in [5.74, 6) is 0.589. The molecular formula is C20H20N4O3. The van der Waals surface area contributed by atoms with Crippen molar-refractivity contribution >= 4 is 28.3 Å². The van der Waals surface area contributed by atoms with Crippen LogP contribution in [-0.2, 0) is 13.0 Å². The van der Waals surface area contributed by atoms with Gasteiger partial charge in [-0.1, -0.05) is 18.6 Å². The number of fused-ring (bicyclic) bond motifs is 3. The van der Waals surface area contributed by atoms with Gasteiger partial charge in [0.2, 0.25) is 0 Å². The molecule has 138 valence electrons. The first-order chi connectivity index (χ1) is 13.0. The summed E-state index contributed by atoms with van der Waals surface area (Å²) in [6.45, 7) is 2.59. The number of hydrogen-bond donors (Lipinski definition) is 1. The van der Waals surface area contributed by atoms with Crippen molar-refractivity contribution in [1.82, 2.24) is 9.55 Å². The number of carbonyl (C=O) groups excluding carboxylic acids is 1. The van der Waals surface area contributed by atoms with Crippen LogP contribution in [0.5, 0.6) is 0 Å². The van der Waals surface area contributed by atoms with Crippen molar-refractivity contribution in [3.63, 3.8) is 0 Å². The zero-order valence-corrected chi connectivity index (χ0v) is 15.1. The number of benzene rings is 2. The third-order valence-electron chi connectivity index (χ3n) is 5.03. The first-order valence-corrected chi connectivity index (χ1v) is 9.09. The van der Waals surface area contributed by atoms with Gasteiger partial charge in [0.25, 0.3) is 11.6 Å². The zero-order chi connectivity index (χ0) is 19.0. The highest BCUT2D eigenvalue weighted by Crippen LogP contribution is 2.27. The average Bonchev–Trinajstić information content (AvgIpc) is 2.81. The number of nitro groups is 1. The molecule has 1 aromatic heterocycles. The lowest BCUT2D eigenvalue weighted by atomic mass is 10.1. The Morgan fingerprint density at radius 1 is 1.22 bits per heavy atom. The molecule has 27 heavy (non-hydrogen) atoms. The van der Waals surface area contributed by atoms with Gasteiger partial charge in [-0.15, -0.1) is 0 Å². The van der Waals surface area contributed by atoms with Gasteiger partial charge in [-0.25, -0.2) is 4.98 Å². The minimum absolute atomic E-state index is 0.0562. The lowest BCUT2D eigenvalue weighted by Crippen LogP contribution is -2.14. The van der Waals surface area contributed by atoms with Crippen LogP contribution in [0, 0.1) is 17.0 Å². The number of nitrogens with one attached hydrogen (secondary N) is 1. The van der Waals surface area contributed by atoms with Gasteiger partial charge in [-0.3, -0.25) is 14.9 Å². The first kappa shape index (κ1) is 17.2. The van der Waals surface area contributed by atoms with E-state index in [9.17, 15) is 14.9 Å². The molecule has 0 bridgehead atoms. The van der Waals surface area contributed by atoms with E-state index in [1.54, 1.807) is 19.1 Å². The van der Waals surface area contributed by atoms with Crippen LogP contribution in [0.2, 0.25) is 0 Å². The van der Waals surface area contributed by atoms with Crippen LogP contribution in [-0.4, -0.2) is 20.4 Å². The molecule has 0 radical (unpaired) electrons. The maximum Gasteiger partial charge on any atom is 0.285 e. The Hall–Kier alpha value is -3.22. The van der Waals surface area contributed by atoms with Gasteiger partial charge in [-0.05, 0) is 44.0 Å².